The van der Waals surface area contributed by atoms with Gasteiger partial charge in [0.2, 0.25) is 5.70 Å². The topological polar surface area (TPSA) is 115 Å². The highest BCUT2D eigenvalue weighted by Crippen LogP contribution is 2.24. The number of imidazole rings is 1. The van der Waals surface area contributed by atoms with Gasteiger partial charge in [-0.1, -0.05) is 30.9 Å². The third kappa shape index (κ3) is 3.80. The Morgan fingerprint density at radius 3 is 2.71 bits per heavy atom. The molecule has 0 amide bonds. The summed E-state index contributed by atoms with van der Waals surface area (Å²) in [5.41, 5.74) is 1.56. The lowest BCUT2D eigenvalue weighted by molar-refractivity contribution is -0.424. The molecule has 0 spiro atoms. The summed E-state index contributed by atoms with van der Waals surface area (Å²) >= 11 is 0. The molecule has 0 radical (unpaired) electrons. The second kappa shape index (κ2) is 7.14. The Kier molecular flexibility index (Phi) is 5.00. The number of nitro benzene ring substituents is 1. The highest BCUT2D eigenvalue weighted by Gasteiger charge is 2.12. The van der Waals surface area contributed by atoms with E-state index in [0.29, 0.717) is 22.7 Å². The normalized spacial score (nSPS) is 12.0. The van der Waals surface area contributed by atoms with Gasteiger partial charge >= 0.3 is 0 Å². The fourth-order valence-corrected chi connectivity index (χ4v) is 2.00. The molecular formula is C16H14N4O4. The number of hydrogen-bond donors (Lipinski definition) is 1. The molecule has 1 heterocycles. The molecule has 0 saturated heterocycles. The first-order valence-electron chi connectivity index (χ1n) is 6.88. The summed E-state index contributed by atoms with van der Waals surface area (Å²) in [7, 11) is 0. The van der Waals surface area contributed by atoms with E-state index in [1.165, 1.54) is 37.4 Å². The molecule has 1 N–H and O–H groups in total. The number of benzene rings is 1. The Labute approximate surface area is 137 Å². The van der Waals surface area contributed by atoms with Crippen molar-refractivity contribution in [2.45, 2.75) is 6.92 Å². The van der Waals surface area contributed by atoms with Crippen LogP contribution in [0.3, 0.4) is 0 Å². The van der Waals surface area contributed by atoms with Crippen LogP contribution in [-0.4, -0.2) is 19.8 Å². The predicted molar refractivity (Wildman–Crippen MR) is 89.6 cm³/mol. The fraction of sp³-hybridized carbons (Fsp3) is 0.0625. The SMILES string of the molecule is C=C/C=C(\C=C(/C)[N+](=O)[O-])c1ncc(-c2cccc([N+](=O)[O-])c2)[nH]1. The van der Waals surface area contributed by atoms with Crippen molar-refractivity contribution in [3.05, 3.63) is 87.0 Å². The number of nitrogens with zero attached hydrogens (tertiary/aromatic N) is 3. The number of nitrogens with one attached hydrogen (secondary N) is 1. The van der Waals surface area contributed by atoms with Crippen molar-refractivity contribution in [1.82, 2.24) is 9.97 Å². The standard InChI is InChI=1S/C16H14N4O4/c1-3-5-13(8-11(2)19(21)22)16-17-10-15(18-16)12-6-4-7-14(9-12)20(23)24/h3-10H,1H2,2H3,(H,17,18)/b11-8+,13-5+. The van der Waals surface area contributed by atoms with E-state index >= 15 is 0 Å². The highest BCUT2D eigenvalue weighted by atomic mass is 16.6. The second-order valence-electron chi connectivity index (χ2n) is 4.85. The lowest BCUT2D eigenvalue weighted by Crippen LogP contribution is -1.95. The molecular weight excluding hydrogens is 312 g/mol. The molecule has 24 heavy (non-hydrogen) atoms. The average Bonchev–Trinajstić information content (AvgIpc) is 3.04. The molecule has 0 aliphatic heterocycles. The largest absolute Gasteiger partial charge is 0.338 e. The van der Waals surface area contributed by atoms with Gasteiger partial charge < -0.3 is 4.98 Å². The monoisotopic (exact) mass is 326 g/mol. The van der Waals surface area contributed by atoms with Gasteiger partial charge in [-0.3, -0.25) is 20.2 Å². The first kappa shape index (κ1) is 16.8. The van der Waals surface area contributed by atoms with Gasteiger partial charge in [0.05, 0.1) is 21.7 Å². The van der Waals surface area contributed by atoms with Crippen LogP contribution >= 0.6 is 0 Å². The molecule has 122 valence electrons. The van der Waals surface area contributed by atoms with Crippen molar-refractivity contribution in [2.75, 3.05) is 0 Å². The smallest absolute Gasteiger partial charge is 0.270 e. The zero-order valence-electron chi connectivity index (χ0n) is 12.8. The molecule has 8 heteroatoms. The van der Waals surface area contributed by atoms with E-state index in [-0.39, 0.29) is 11.4 Å². The molecule has 1 aromatic heterocycles. The van der Waals surface area contributed by atoms with Crippen LogP contribution in [-0.2, 0) is 0 Å². The van der Waals surface area contributed by atoms with Gasteiger partial charge in [0.25, 0.3) is 5.69 Å². The quantitative estimate of drug-likeness (QED) is 0.493. The van der Waals surface area contributed by atoms with E-state index in [9.17, 15) is 20.2 Å². The van der Waals surface area contributed by atoms with E-state index in [0.717, 1.165) is 0 Å². The summed E-state index contributed by atoms with van der Waals surface area (Å²) in [5, 5.41) is 21.6. The number of rotatable bonds is 6. The van der Waals surface area contributed by atoms with E-state index in [1.54, 1.807) is 18.2 Å². The third-order valence-electron chi connectivity index (χ3n) is 3.17. The minimum atomic E-state index is -0.499. The third-order valence-corrected chi connectivity index (χ3v) is 3.17. The number of allylic oxidation sites excluding steroid dienone is 5. The number of aromatic nitrogens is 2. The van der Waals surface area contributed by atoms with Gasteiger partial charge in [-0.05, 0) is 0 Å². The summed E-state index contributed by atoms with van der Waals surface area (Å²) < 4.78 is 0. The summed E-state index contributed by atoms with van der Waals surface area (Å²) in [4.78, 5) is 27.9. The molecule has 0 saturated carbocycles. The van der Waals surface area contributed by atoms with Gasteiger partial charge in [0, 0.05) is 36.3 Å². The van der Waals surface area contributed by atoms with Crippen LogP contribution in [0.4, 0.5) is 5.69 Å². The van der Waals surface area contributed by atoms with E-state index < -0.39 is 9.85 Å². The zero-order chi connectivity index (χ0) is 17.7. The van der Waals surface area contributed by atoms with Gasteiger partial charge in [-0.25, -0.2) is 4.98 Å². The maximum absolute atomic E-state index is 10.9. The minimum absolute atomic E-state index is 0.0328. The summed E-state index contributed by atoms with van der Waals surface area (Å²) in [6, 6.07) is 6.10. The van der Waals surface area contributed by atoms with Crippen LogP contribution in [0.15, 0.2) is 61.0 Å². The number of hydrogen-bond acceptors (Lipinski definition) is 5. The van der Waals surface area contributed by atoms with Crippen molar-refractivity contribution in [3.8, 4) is 11.3 Å². The molecule has 2 aromatic rings. The molecule has 0 aliphatic rings. The molecule has 0 aliphatic carbocycles. The van der Waals surface area contributed by atoms with Crippen LogP contribution in [0.5, 0.6) is 0 Å². The highest BCUT2D eigenvalue weighted by molar-refractivity contribution is 5.73. The molecule has 1 aromatic carbocycles. The van der Waals surface area contributed by atoms with Crippen LogP contribution < -0.4 is 0 Å². The lowest BCUT2D eigenvalue weighted by Gasteiger charge is -1.99. The lowest BCUT2D eigenvalue weighted by atomic mass is 10.1. The van der Waals surface area contributed by atoms with Crippen molar-refractivity contribution < 1.29 is 9.85 Å². The van der Waals surface area contributed by atoms with E-state index in [4.69, 9.17) is 0 Å². The number of nitro groups is 2. The average molecular weight is 326 g/mol. The van der Waals surface area contributed by atoms with Crippen LogP contribution in [0, 0.1) is 20.2 Å². The summed E-state index contributed by atoms with van der Waals surface area (Å²) in [5.74, 6) is 0.401. The number of H-pyrrole nitrogens is 1. The number of aromatic amines is 1. The van der Waals surface area contributed by atoms with Crippen molar-refractivity contribution in [1.29, 1.82) is 0 Å². The maximum atomic E-state index is 10.9. The van der Waals surface area contributed by atoms with Gasteiger partial charge in [0.1, 0.15) is 5.82 Å². The molecule has 0 fully saturated rings. The zero-order valence-corrected chi connectivity index (χ0v) is 12.8. The van der Waals surface area contributed by atoms with E-state index in [1.807, 2.05) is 0 Å². The van der Waals surface area contributed by atoms with Gasteiger partial charge in [-0.2, -0.15) is 0 Å². The predicted octanol–water partition coefficient (Wildman–Crippen LogP) is 3.73. The minimum Gasteiger partial charge on any atom is -0.338 e. The molecule has 0 atom stereocenters. The first-order chi connectivity index (χ1) is 11.4. The van der Waals surface area contributed by atoms with Crippen molar-refractivity contribution in [3.63, 3.8) is 0 Å². The number of non-ortho nitro benzene ring substituents is 1. The molecule has 0 bridgehead atoms. The Balaban J connectivity index is 2.42. The van der Waals surface area contributed by atoms with Gasteiger partial charge in [0.15, 0.2) is 0 Å². The summed E-state index contributed by atoms with van der Waals surface area (Å²) in [6.07, 6.45) is 5.97. The Bertz CT molecular complexity index is 864. The molecule has 2 rings (SSSR count). The molecule has 0 unspecified atom stereocenters. The van der Waals surface area contributed by atoms with Crippen molar-refractivity contribution >= 4 is 11.3 Å². The Morgan fingerprint density at radius 2 is 2.08 bits per heavy atom. The molecule has 8 nitrogen and oxygen atoms in total. The Morgan fingerprint density at radius 1 is 1.33 bits per heavy atom. The van der Waals surface area contributed by atoms with Crippen LogP contribution in [0.2, 0.25) is 0 Å². The second-order valence-corrected chi connectivity index (χ2v) is 4.85. The summed E-state index contributed by atoms with van der Waals surface area (Å²) in [6.45, 7) is 4.96. The van der Waals surface area contributed by atoms with Gasteiger partial charge in [-0.15, -0.1) is 0 Å². The van der Waals surface area contributed by atoms with Crippen molar-refractivity contribution in [2.24, 2.45) is 0 Å². The van der Waals surface area contributed by atoms with E-state index in [2.05, 4.69) is 16.5 Å². The maximum Gasteiger partial charge on any atom is 0.270 e. The van der Waals surface area contributed by atoms with Crippen LogP contribution in [0.1, 0.15) is 12.7 Å². The Hall–Kier alpha value is -3.55. The van der Waals surface area contributed by atoms with Crippen LogP contribution in [0.25, 0.3) is 16.8 Å². The first-order valence-corrected chi connectivity index (χ1v) is 6.88. The fourth-order valence-electron chi connectivity index (χ4n) is 2.00.